The molecular formula is C15H14NO4P. The summed E-state index contributed by atoms with van der Waals surface area (Å²) >= 11 is 0. The van der Waals surface area contributed by atoms with Gasteiger partial charge in [0, 0.05) is 0 Å². The highest BCUT2D eigenvalue weighted by molar-refractivity contribution is 7.61. The molecule has 0 radical (unpaired) electrons. The summed E-state index contributed by atoms with van der Waals surface area (Å²) in [7, 11) is -3.50. The van der Waals surface area contributed by atoms with E-state index in [0.29, 0.717) is 5.69 Å². The lowest BCUT2D eigenvalue weighted by atomic mass is 9.82. The molecule has 6 heteroatoms. The van der Waals surface area contributed by atoms with Crippen LogP contribution in [0, 0.1) is 11.8 Å². The van der Waals surface area contributed by atoms with Crippen molar-refractivity contribution < 1.29 is 19.0 Å². The second kappa shape index (κ2) is 3.93. The van der Waals surface area contributed by atoms with E-state index in [1.54, 1.807) is 37.3 Å². The van der Waals surface area contributed by atoms with Crippen molar-refractivity contribution in [2.75, 3.05) is 4.90 Å². The summed E-state index contributed by atoms with van der Waals surface area (Å²) in [4.78, 5) is 36.7. The van der Waals surface area contributed by atoms with Crippen LogP contribution in [0.3, 0.4) is 0 Å². The van der Waals surface area contributed by atoms with Gasteiger partial charge in [-0.1, -0.05) is 29.8 Å². The molecule has 1 aromatic carbocycles. The quantitative estimate of drug-likeness (QED) is 0.487. The first kappa shape index (κ1) is 13.0. The number of nitrogens with zero attached hydrogens (tertiary/aromatic N) is 1. The van der Waals surface area contributed by atoms with Crippen LogP contribution in [0.25, 0.3) is 0 Å². The number of hydrogen-bond acceptors (Lipinski definition) is 3. The molecule has 3 heterocycles. The maximum atomic E-state index is 12.7. The number of rotatable bonds is 1. The summed E-state index contributed by atoms with van der Waals surface area (Å²) < 4.78 is 12.5. The second-order valence-corrected chi connectivity index (χ2v) is 8.42. The van der Waals surface area contributed by atoms with Crippen LogP contribution in [0.2, 0.25) is 0 Å². The molecule has 1 aromatic rings. The number of para-hydroxylation sites is 1. The van der Waals surface area contributed by atoms with Gasteiger partial charge in [-0.25, -0.2) is 4.90 Å². The maximum absolute atomic E-state index is 12.7. The maximum Gasteiger partial charge on any atom is 0.238 e. The van der Waals surface area contributed by atoms with Crippen molar-refractivity contribution in [1.29, 1.82) is 0 Å². The average molecular weight is 303 g/mol. The highest BCUT2D eigenvalue weighted by atomic mass is 31.2. The number of hydrogen-bond donors (Lipinski definition) is 1. The Kier molecular flexibility index (Phi) is 2.43. The summed E-state index contributed by atoms with van der Waals surface area (Å²) in [6.45, 7) is 1.77. The normalized spacial score (nSPS) is 40.7. The van der Waals surface area contributed by atoms with E-state index >= 15 is 0 Å². The Morgan fingerprint density at radius 1 is 1.10 bits per heavy atom. The molecule has 2 amide bonds. The Labute approximate surface area is 121 Å². The van der Waals surface area contributed by atoms with Gasteiger partial charge in [-0.05, 0) is 19.1 Å². The highest BCUT2D eigenvalue weighted by Gasteiger charge is 2.70. The van der Waals surface area contributed by atoms with Gasteiger partial charge in [0.05, 0.1) is 28.8 Å². The van der Waals surface area contributed by atoms with Crippen LogP contribution in [-0.4, -0.2) is 28.0 Å². The lowest BCUT2D eigenvalue weighted by Crippen LogP contribution is -2.33. The van der Waals surface area contributed by atoms with E-state index < -0.39 is 30.5 Å². The molecule has 4 rings (SSSR count). The molecule has 2 fully saturated rings. The molecular weight excluding hydrogens is 289 g/mol. The summed E-state index contributed by atoms with van der Waals surface area (Å²) in [5.74, 6) is -2.04. The molecule has 1 unspecified atom stereocenters. The minimum absolute atomic E-state index is 0.342. The Morgan fingerprint density at radius 3 is 2.38 bits per heavy atom. The zero-order chi connectivity index (χ0) is 14.9. The number of fused-ring (bicyclic) bond motifs is 5. The lowest BCUT2D eigenvalue weighted by Gasteiger charge is -2.20. The second-order valence-electron chi connectivity index (χ2n) is 5.92. The highest BCUT2D eigenvalue weighted by Crippen LogP contribution is 2.72. The van der Waals surface area contributed by atoms with Gasteiger partial charge in [-0.2, -0.15) is 0 Å². The van der Waals surface area contributed by atoms with Crippen LogP contribution in [0.15, 0.2) is 42.0 Å². The molecule has 2 saturated heterocycles. The summed E-state index contributed by atoms with van der Waals surface area (Å²) in [6, 6.07) is 8.75. The van der Waals surface area contributed by atoms with Crippen LogP contribution >= 0.6 is 7.37 Å². The van der Waals surface area contributed by atoms with Gasteiger partial charge >= 0.3 is 0 Å². The topological polar surface area (TPSA) is 74.7 Å². The molecule has 108 valence electrons. The van der Waals surface area contributed by atoms with E-state index in [2.05, 4.69) is 0 Å². The summed E-state index contributed by atoms with van der Waals surface area (Å²) in [6.07, 6.45) is 1.71. The fourth-order valence-corrected chi connectivity index (χ4v) is 7.07. The van der Waals surface area contributed by atoms with E-state index in [1.807, 2.05) is 6.07 Å². The number of benzene rings is 1. The fourth-order valence-electron chi connectivity index (χ4n) is 4.03. The molecule has 3 aliphatic heterocycles. The lowest BCUT2D eigenvalue weighted by molar-refractivity contribution is -0.122. The Bertz CT molecular complexity index is 741. The minimum atomic E-state index is -3.50. The van der Waals surface area contributed by atoms with Gasteiger partial charge < -0.3 is 4.89 Å². The van der Waals surface area contributed by atoms with Gasteiger partial charge in [0.15, 0.2) is 0 Å². The first-order chi connectivity index (χ1) is 9.94. The van der Waals surface area contributed by atoms with Crippen LogP contribution in [0.1, 0.15) is 6.92 Å². The Balaban J connectivity index is 1.82. The number of amides is 2. The van der Waals surface area contributed by atoms with Crippen molar-refractivity contribution in [2.45, 2.75) is 18.2 Å². The summed E-state index contributed by atoms with van der Waals surface area (Å²) in [5.41, 5.74) is -0.0785. The minimum Gasteiger partial charge on any atom is -0.343 e. The largest absolute Gasteiger partial charge is 0.343 e. The number of allylic oxidation sites excluding steroid dienone is 2. The zero-order valence-corrected chi connectivity index (χ0v) is 12.2. The average Bonchev–Trinajstić information content (AvgIpc) is 2.93. The fraction of sp³-hybridized carbons (Fsp3) is 0.333. The van der Waals surface area contributed by atoms with Gasteiger partial charge in [0.1, 0.15) is 0 Å². The molecule has 5 atom stereocenters. The Hall–Kier alpha value is -1.71. The zero-order valence-electron chi connectivity index (χ0n) is 11.3. The van der Waals surface area contributed by atoms with Gasteiger partial charge in [0.25, 0.3) is 0 Å². The van der Waals surface area contributed by atoms with Gasteiger partial charge in [-0.3, -0.25) is 14.2 Å². The number of imide groups is 1. The predicted molar refractivity (Wildman–Crippen MR) is 77.1 cm³/mol. The molecule has 0 aliphatic carbocycles. The Morgan fingerprint density at radius 2 is 1.71 bits per heavy atom. The van der Waals surface area contributed by atoms with Crippen molar-refractivity contribution in [3.05, 3.63) is 42.0 Å². The third-order valence-electron chi connectivity index (χ3n) is 4.85. The summed E-state index contributed by atoms with van der Waals surface area (Å²) in [5, 5.41) is 0. The molecule has 21 heavy (non-hydrogen) atoms. The monoisotopic (exact) mass is 303 g/mol. The van der Waals surface area contributed by atoms with Crippen LogP contribution in [0.5, 0.6) is 0 Å². The van der Waals surface area contributed by atoms with Crippen molar-refractivity contribution in [3.8, 4) is 0 Å². The molecule has 0 spiro atoms. The molecule has 5 nitrogen and oxygen atoms in total. The number of carbonyl (C=O) groups is 2. The van der Waals surface area contributed by atoms with Crippen molar-refractivity contribution in [3.63, 3.8) is 0 Å². The van der Waals surface area contributed by atoms with Gasteiger partial charge in [0.2, 0.25) is 19.2 Å². The molecule has 1 N–H and O–H groups in total. The molecule has 0 saturated carbocycles. The number of carbonyl (C=O) groups excluding carboxylic acids is 2. The predicted octanol–water partition coefficient (Wildman–Crippen LogP) is 1.77. The van der Waals surface area contributed by atoms with Crippen LogP contribution in [-0.2, 0) is 14.2 Å². The molecule has 0 aromatic heterocycles. The smallest absolute Gasteiger partial charge is 0.238 e. The van der Waals surface area contributed by atoms with Gasteiger partial charge in [-0.15, -0.1) is 0 Å². The third-order valence-corrected chi connectivity index (χ3v) is 7.70. The van der Waals surface area contributed by atoms with Crippen LogP contribution in [0.4, 0.5) is 5.69 Å². The number of anilines is 1. The first-order valence-corrected chi connectivity index (χ1v) is 8.67. The standard InChI is InChI=1S/C15H14NO4P/c1-8-7-10-11-12(13(8)21(10,19)20)15(18)16(14(11)17)9-5-3-2-4-6-9/h2-7,10-13H,1H3,(H,19,20)/t10-,11+,12+,13+/m0/s1. The van der Waals surface area contributed by atoms with E-state index in [1.165, 1.54) is 4.90 Å². The van der Waals surface area contributed by atoms with E-state index in [9.17, 15) is 19.0 Å². The van der Waals surface area contributed by atoms with Crippen molar-refractivity contribution in [2.24, 2.45) is 11.8 Å². The van der Waals surface area contributed by atoms with E-state index in [0.717, 1.165) is 5.57 Å². The SMILES string of the molecule is CC1=C[C@H]2[C@H]3C(=O)N(c4ccccc4)C(=O)[C@H]3[C@@H]1P2(=O)O. The van der Waals surface area contributed by atoms with E-state index in [4.69, 9.17) is 0 Å². The van der Waals surface area contributed by atoms with Crippen molar-refractivity contribution >= 4 is 24.9 Å². The van der Waals surface area contributed by atoms with Crippen LogP contribution < -0.4 is 4.90 Å². The third kappa shape index (κ3) is 1.43. The van der Waals surface area contributed by atoms with E-state index in [-0.39, 0.29) is 11.8 Å². The van der Waals surface area contributed by atoms with Crippen molar-refractivity contribution in [1.82, 2.24) is 0 Å². The molecule has 3 aliphatic rings. The molecule has 2 bridgehead atoms. The first-order valence-electron chi connectivity index (χ1n) is 6.88.